The zero-order chi connectivity index (χ0) is 14.5. The molecule has 1 amide bonds. The van der Waals surface area contributed by atoms with E-state index in [0.29, 0.717) is 21.7 Å². The lowest BCUT2D eigenvalue weighted by Crippen LogP contribution is -2.12. The Balaban J connectivity index is 2.18. The zero-order valence-electron chi connectivity index (χ0n) is 10.8. The normalized spacial score (nSPS) is 10.2. The molecule has 0 atom stereocenters. The minimum Gasteiger partial charge on any atom is -0.497 e. The largest absolute Gasteiger partial charge is 0.497 e. The van der Waals surface area contributed by atoms with Gasteiger partial charge in [0, 0.05) is 16.0 Å². The number of benzene rings is 2. The molecule has 0 heterocycles. The Labute approximate surface area is 131 Å². The van der Waals surface area contributed by atoms with Crippen molar-refractivity contribution in [2.45, 2.75) is 5.88 Å². The van der Waals surface area contributed by atoms with Crippen LogP contribution in [0.4, 0.5) is 5.69 Å². The van der Waals surface area contributed by atoms with Gasteiger partial charge in [-0.3, -0.25) is 4.79 Å². The Hall–Kier alpha value is -1.52. The third-order valence-corrected chi connectivity index (χ3v) is 3.78. The first-order valence-corrected chi connectivity index (χ1v) is 7.26. The minimum atomic E-state index is -0.200. The van der Waals surface area contributed by atoms with Gasteiger partial charge in [-0.15, -0.1) is 11.6 Å². The van der Waals surface area contributed by atoms with E-state index in [1.54, 1.807) is 25.3 Å². The van der Waals surface area contributed by atoms with E-state index in [2.05, 4.69) is 21.2 Å². The monoisotopic (exact) mass is 353 g/mol. The molecule has 1 N–H and O–H groups in total. The lowest BCUT2D eigenvalue weighted by atomic mass is 10.2. The summed E-state index contributed by atoms with van der Waals surface area (Å²) in [6, 6.07) is 12.7. The van der Waals surface area contributed by atoms with Gasteiger partial charge < -0.3 is 10.1 Å². The molecule has 20 heavy (non-hydrogen) atoms. The first kappa shape index (κ1) is 14.9. The molecule has 0 aromatic heterocycles. The number of carbonyl (C=O) groups is 1. The van der Waals surface area contributed by atoms with Crippen molar-refractivity contribution in [2.75, 3.05) is 12.4 Å². The van der Waals surface area contributed by atoms with Gasteiger partial charge in [-0.25, -0.2) is 0 Å². The molecule has 0 saturated carbocycles. The number of hydrogen-bond acceptors (Lipinski definition) is 2. The first-order chi connectivity index (χ1) is 9.63. The van der Waals surface area contributed by atoms with Crippen molar-refractivity contribution in [2.24, 2.45) is 0 Å². The van der Waals surface area contributed by atoms with Crippen LogP contribution in [0, 0.1) is 0 Å². The summed E-state index contributed by atoms with van der Waals surface area (Å²) >= 11 is 9.09. The second-order valence-electron chi connectivity index (χ2n) is 4.13. The second-order valence-corrected chi connectivity index (χ2v) is 5.25. The standard InChI is InChI=1S/C15H13BrClNO2/c1-20-12-6-7-14(16)13(8-12)15(19)18-11-4-2-10(9-17)3-5-11/h2-8H,9H2,1H3,(H,18,19). The number of hydrogen-bond donors (Lipinski definition) is 1. The van der Waals surface area contributed by atoms with E-state index in [9.17, 15) is 4.79 Å². The maximum atomic E-state index is 12.2. The molecule has 0 spiro atoms. The van der Waals surface area contributed by atoms with Crippen molar-refractivity contribution in [3.05, 3.63) is 58.1 Å². The molecular formula is C15H13BrClNO2. The number of nitrogens with one attached hydrogen (secondary N) is 1. The van der Waals surface area contributed by atoms with Crippen molar-refractivity contribution < 1.29 is 9.53 Å². The van der Waals surface area contributed by atoms with Crippen LogP contribution < -0.4 is 10.1 Å². The number of halogens is 2. The van der Waals surface area contributed by atoms with Gasteiger partial charge in [-0.1, -0.05) is 12.1 Å². The Kier molecular flexibility index (Phi) is 5.04. The predicted octanol–water partition coefficient (Wildman–Crippen LogP) is 4.45. The molecule has 0 radical (unpaired) electrons. The smallest absolute Gasteiger partial charge is 0.256 e. The summed E-state index contributed by atoms with van der Waals surface area (Å²) in [6.07, 6.45) is 0. The van der Waals surface area contributed by atoms with E-state index in [0.717, 1.165) is 11.3 Å². The number of amides is 1. The number of rotatable bonds is 4. The lowest BCUT2D eigenvalue weighted by molar-refractivity contribution is 0.102. The second kappa shape index (κ2) is 6.77. The maximum Gasteiger partial charge on any atom is 0.256 e. The van der Waals surface area contributed by atoms with Gasteiger partial charge in [-0.05, 0) is 51.8 Å². The van der Waals surface area contributed by atoms with Gasteiger partial charge in [-0.2, -0.15) is 0 Å². The highest BCUT2D eigenvalue weighted by Gasteiger charge is 2.11. The van der Waals surface area contributed by atoms with Gasteiger partial charge in [0.1, 0.15) is 5.75 Å². The Bertz CT molecular complexity index is 614. The molecule has 0 aliphatic rings. The van der Waals surface area contributed by atoms with E-state index in [1.165, 1.54) is 0 Å². The third-order valence-electron chi connectivity index (χ3n) is 2.78. The van der Waals surface area contributed by atoms with Crippen LogP contribution in [-0.2, 0) is 5.88 Å². The van der Waals surface area contributed by atoms with Gasteiger partial charge in [0.2, 0.25) is 0 Å². The summed E-state index contributed by atoms with van der Waals surface area (Å²) in [7, 11) is 1.57. The SMILES string of the molecule is COc1ccc(Br)c(C(=O)Nc2ccc(CCl)cc2)c1. The molecule has 0 saturated heterocycles. The Morgan fingerprint density at radius 1 is 1.25 bits per heavy atom. The Morgan fingerprint density at radius 3 is 2.55 bits per heavy atom. The summed E-state index contributed by atoms with van der Waals surface area (Å²) in [4.78, 5) is 12.2. The summed E-state index contributed by atoms with van der Waals surface area (Å²) < 4.78 is 5.84. The van der Waals surface area contributed by atoms with Gasteiger partial charge in [0.05, 0.1) is 12.7 Å². The highest BCUT2D eigenvalue weighted by Crippen LogP contribution is 2.23. The lowest BCUT2D eigenvalue weighted by Gasteiger charge is -2.09. The van der Waals surface area contributed by atoms with Crippen LogP contribution in [0.3, 0.4) is 0 Å². The highest BCUT2D eigenvalue weighted by atomic mass is 79.9. The van der Waals surface area contributed by atoms with E-state index < -0.39 is 0 Å². The first-order valence-electron chi connectivity index (χ1n) is 5.94. The van der Waals surface area contributed by atoms with Crippen molar-refractivity contribution in [3.8, 4) is 5.75 Å². The minimum absolute atomic E-state index is 0.200. The quantitative estimate of drug-likeness (QED) is 0.824. The van der Waals surface area contributed by atoms with Gasteiger partial charge in [0.15, 0.2) is 0 Å². The summed E-state index contributed by atoms with van der Waals surface area (Å²) in [5.74, 6) is 0.889. The summed E-state index contributed by atoms with van der Waals surface area (Å²) in [5, 5.41) is 2.83. The molecule has 0 aliphatic heterocycles. The topological polar surface area (TPSA) is 38.3 Å². The molecule has 2 aromatic carbocycles. The molecule has 2 aromatic rings. The number of anilines is 1. The van der Waals surface area contributed by atoms with Crippen LogP contribution in [0.15, 0.2) is 46.9 Å². The van der Waals surface area contributed by atoms with E-state index in [1.807, 2.05) is 24.3 Å². The molecular weight excluding hydrogens is 342 g/mol. The van der Waals surface area contributed by atoms with Crippen LogP contribution in [0.2, 0.25) is 0 Å². The molecule has 104 valence electrons. The zero-order valence-corrected chi connectivity index (χ0v) is 13.2. The summed E-state index contributed by atoms with van der Waals surface area (Å²) in [6.45, 7) is 0. The fourth-order valence-corrected chi connectivity index (χ4v) is 2.29. The van der Waals surface area contributed by atoms with Crippen molar-refractivity contribution in [1.82, 2.24) is 0 Å². The third kappa shape index (κ3) is 3.52. The molecule has 3 nitrogen and oxygen atoms in total. The van der Waals surface area contributed by atoms with Crippen LogP contribution in [0.25, 0.3) is 0 Å². The van der Waals surface area contributed by atoms with Gasteiger partial charge >= 0.3 is 0 Å². The number of methoxy groups -OCH3 is 1. The van der Waals surface area contributed by atoms with E-state index in [-0.39, 0.29) is 5.91 Å². The van der Waals surface area contributed by atoms with Crippen molar-refractivity contribution in [3.63, 3.8) is 0 Å². The number of alkyl halides is 1. The molecule has 0 unspecified atom stereocenters. The molecule has 0 bridgehead atoms. The molecule has 0 fully saturated rings. The van der Waals surface area contributed by atoms with Crippen LogP contribution in [0.5, 0.6) is 5.75 Å². The molecule has 2 rings (SSSR count). The van der Waals surface area contributed by atoms with Crippen LogP contribution in [-0.4, -0.2) is 13.0 Å². The van der Waals surface area contributed by atoms with Crippen LogP contribution >= 0.6 is 27.5 Å². The van der Waals surface area contributed by atoms with E-state index in [4.69, 9.17) is 16.3 Å². The fourth-order valence-electron chi connectivity index (χ4n) is 1.68. The predicted molar refractivity (Wildman–Crippen MR) is 84.6 cm³/mol. The fraction of sp³-hybridized carbons (Fsp3) is 0.133. The number of carbonyl (C=O) groups excluding carboxylic acids is 1. The van der Waals surface area contributed by atoms with E-state index >= 15 is 0 Å². The Morgan fingerprint density at radius 2 is 1.95 bits per heavy atom. The summed E-state index contributed by atoms with van der Waals surface area (Å²) in [5.41, 5.74) is 2.25. The van der Waals surface area contributed by atoms with Gasteiger partial charge in [0.25, 0.3) is 5.91 Å². The average molecular weight is 355 g/mol. The molecule has 0 aliphatic carbocycles. The highest BCUT2D eigenvalue weighted by molar-refractivity contribution is 9.10. The van der Waals surface area contributed by atoms with Crippen molar-refractivity contribution >= 4 is 39.1 Å². The maximum absolute atomic E-state index is 12.2. The van der Waals surface area contributed by atoms with Crippen LogP contribution in [0.1, 0.15) is 15.9 Å². The average Bonchev–Trinajstić information content (AvgIpc) is 2.48. The van der Waals surface area contributed by atoms with Crippen molar-refractivity contribution in [1.29, 1.82) is 0 Å². The molecule has 5 heteroatoms. The number of ether oxygens (including phenoxy) is 1.